The van der Waals surface area contributed by atoms with E-state index in [1.54, 1.807) is 12.1 Å². The van der Waals surface area contributed by atoms with Crippen LogP contribution < -0.4 is 0 Å². The number of aromatic hydroxyl groups is 4. The molecule has 4 aliphatic rings. The third kappa shape index (κ3) is 1.93. The first-order chi connectivity index (χ1) is 16.4. The van der Waals surface area contributed by atoms with Crippen molar-refractivity contribution in [2.75, 3.05) is 0 Å². The Morgan fingerprint density at radius 3 is 1.50 bits per heavy atom. The summed E-state index contributed by atoms with van der Waals surface area (Å²) in [6.07, 6.45) is 6.34. The highest BCUT2D eigenvalue weighted by Gasteiger charge is 2.57. The molecule has 10 nitrogen and oxygen atoms in total. The van der Waals surface area contributed by atoms with Crippen molar-refractivity contribution in [3.05, 3.63) is 70.1 Å². The van der Waals surface area contributed by atoms with Gasteiger partial charge in [-0.15, -0.1) is 0 Å². The highest BCUT2D eigenvalue weighted by atomic mass is 16.5. The van der Waals surface area contributed by atoms with Crippen molar-refractivity contribution in [2.24, 2.45) is 0 Å². The third-order valence-electron chi connectivity index (χ3n) is 7.50. The molecular weight excluding hydrogens is 440 g/mol. The summed E-state index contributed by atoms with van der Waals surface area (Å²) >= 11 is 0. The standard InChI is InChI=1S/C24H22N4O6/c1-3-27-19(29)15-11-7-9-23(33-11,17(15)21(27)31)13-5-6-14(26-25-13)24-10-8-12(34-24)16-18(24)22(32)28(4-2)20(16)30/h5-12,29-32H,3-4H2,1-2H3. The normalized spacial score (nSPS) is 29.4. The SMILES string of the molecule is CCn1c(O)c2c(c1O)C1(c3ccc(C45C=CC(O4)c4c5c(O)n(CC)c4O)nn3)C=CC2O1. The Labute approximate surface area is 193 Å². The lowest BCUT2D eigenvalue weighted by Gasteiger charge is -2.26. The lowest BCUT2D eigenvalue weighted by molar-refractivity contribution is 0.0157. The summed E-state index contributed by atoms with van der Waals surface area (Å²) in [5, 5.41) is 51.8. The summed E-state index contributed by atoms with van der Waals surface area (Å²) in [7, 11) is 0. The zero-order valence-corrected chi connectivity index (χ0v) is 18.4. The maximum atomic E-state index is 10.8. The number of aromatic nitrogens is 4. The molecule has 0 radical (unpaired) electrons. The van der Waals surface area contributed by atoms with Crippen molar-refractivity contribution < 1.29 is 29.9 Å². The number of ether oxygens (including phenoxy) is 2. The van der Waals surface area contributed by atoms with Crippen molar-refractivity contribution in [1.29, 1.82) is 0 Å². The predicted molar refractivity (Wildman–Crippen MR) is 116 cm³/mol. The van der Waals surface area contributed by atoms with Crippen molar-refractivity contribution in [1.82, 2.24) is 19.3 Å². The van der Waals surface area contributed by atoms with E-state index in [1.807, 2.05) is 38.2 Å². The number of nitrogens with zero attached hydrogens (tertiary/aromatic N) is 4. The fourth-order valence-electron chi connectivity index (χ4n) is 5.97. The average molecular weight is 462 g/mol. The summed E-state index contributed by atoms with van der Waals surface area (Å²) in [5.41, 5.74) is 0.604. The molecule has 0 fully saturated rings. The summed E-state index contributed by atoms with van der Waals surface area (Å²) in [4.78, 5) is 0. The summed E-state index contributed by atoms with van der Waals surface area (Å²) in [5.74, 6) is -0.144. The Morgan fingerprint density at radius 1 is 0.735 bits per heavy atom. The number of hydrogen-bond acceptors (Lipinski definition) is 8. The van der Waals surface area contributed by atoms with Gasteiger partial charge in [0, 0.05) is 13.1 Å². The van der Waals surface area contributed by atoms with Gasteiger partial charge < -0.3 is 29.9 Å². The molecule has 4 aliphatic heterocycles. The molecule has 0 saturated carbocycles. The van der Waals surface area contributed by atoms with Crippen molar-refractivity contribution >= 4 is 0 Å². The molecule has 0 saturated heterocycles. The van der Waals surface area contributed by atoms with Gasteiger partial charge in [-0.3, -0.25) is 9.13 Å². The second kappa shape index (κ2) is 6.02. The van der Waals surface area contributed by atoms with Crippen LogP contribution in [0.5, 0.6) is 23.5 Å². The Balaban J connectivity index is 1.35. The second-order valence-corrected chi connectivity index (χ2v) is 8.93. The van der Waals surface area contributed by atoms with E-state index in [-0.39, 0.29) is 23.5 Å². The van der Waals surface area contributed by atoms with Crippen LogP contribution in [0.4, 0.5) is 0 Å². The molecule has 0 aliphatic carbocycles. The van der Waals surface area contributed by atoms with Crippen LogP contribution in [0.1, 0.15) is 59.7 Å². The van der Waals surface area contributed by atoms with Crippen LogP contribution in [0.15, 0.2) is 36.4 Å². The van der Waals surface area contributed by atoms with E-state index in [4.69, 9.17) is 9.47 Å². The first-order valence-corrected chi connectivity index (χ1v) is 11.3. The maximum absolute atomic E-state index is 10.8. The molecule has 10 heteroatoms. The van der Waals surface area contributed by atoms with Crippen LogP contribution in [0, 0.1) is 0 Å². The van der Waals surface area contributed by atoms with E-state index in [2.05, 4.69) is 10.2 Å². The largest absolute Gasteiger partial charge is 0.494 e. The van der Waals surface area contributed by atoms with Crippen molar-refractivity contribution in [2.45, 2.75) is 50.3 Å². The van der Waals surface area contributed by atoms with Gasteiger partial charge in [-0.1, -0.05) is 12.2 Å². The van der Waals surface area contributed by atoms with Crippen LogP contribution in [0.25, 0.3) is 0 Å². The summed E-state index contributed by atoms with van der Waals surface area (Å²) in [6, 6.07) is 3.49. The van der Waals surface area contributed by atoms with E-state index in [0.29, 0.717) is 46.7 Å². The Bertz CT molecular complexity index is 1340. The fourth-order valence-corrected chi connectivity index (χ4v) is 5.97. The predicted octanol–water partition coefficient (Wildman–Crippen LogP) is 2.71. The summed E-state index contributed by atoms with van der Waals surface area (Å²) in [6.45, 7) is 4.48. The molecule has 7 rings (SSSR count). The smallest absolute Gasteiger partial charge is 0.201 e. The van der Waals surface area contributed by atoms with Gasteiger partial charge in [0.2, 0.25) is 23.5 Å². The molecule has 4 unspecified atom stereocenters. The second-order valence-electron chi connectivity index (χ2n) is 8.93. The molecule has 174 valence electrons. The molecule has 0 spiro atoms. The minimum Gasteiger partial charge on any atom is -0.494 e. The quantitative estimate of drug-likeness (QED) is 0.435. The van der Waals surface area contributed by atoms with Gasteiger partial charge in [0.15, 0.2) is 11.2 Å². The highest BCUT2D eigenvalue weighted by Crippen LogP contribution is 2.61. The molecule has 0 amide bonds. The number of fused-ring (bicyclic) bond motifs is 10. The highest BCUT2D eigenvalue weighted by molar-refractivity contribution is 5.63. The number of rotatable bonds is 4. The zero-order chi connectivity index (χ0) is 23.6. The maximum Gasteiger partial charge on any atom is 0.201 e. The van der Waals surface area contributed by atoms with E-state index in [9.17, 15) is 20.4 Å². The van der Waals surface area contributed by atoms with E-state index in [0.717, 1.165) is 0 Å². The Kier molecular flexibility index (Phi) is 3.49. The molecule has 3 aromatic heterocycles. The van der Waals surface area contributed by atoms with E-state index >= 15 is 0 Å². The van der Waals surface area contributed by atoms with E-state index < -0.39 is 23.4 Å². The first-order valence-electron chi connectivity index (χ1n) is 11.3. The molecule has 4 N–H and O–H groups in total. The van der Waals surface area contributed by atoms with E-state index in [1.165, 1.54) is 9.13 Å². The molecule has 34 heavy (non-hydrogen) atoms. The average Bonchev–Trinajstić information content (AvgIpc) is 3.66. The van der Waals surface area contributed by atoms with Crippen LogP contribution in [-0.2, 0) is 33.8 Å². The molecule has 3 aromatic rings. The third-order valence-corrected chi connectivity index (χ3v) is 7.50. The zero-order valence-electron chi connectivity index (χ0n) is 18.4. The topological polar surface area (TPSA) is 135 Å². The van der Waals surface area contributed by atoms with Gasteiger partial charge in [-0.25, -0.2) is 0 Å². The lowest BCUT2D eigenvalue weighted by atomic mass is 9.85. The Hall–Kier alpha value is -3.76. The van der Waals surface area contributed by atoms with Gasteiger partial charge in [0.25, 0.3) is 0 Å². The number of hydrogen-bond donors (Lipinski definition) is 4. The van der Waals surface area contributed by atoms with Crippen molar-refractivity contribution in [3.63, 3.8) is 0 Å². The van der Waals surface area contributed by atoms with Gasteiger partial charge in [0.05, 0.1) is 22.3 Å². The molecule has 4 atom stereocenters. The minimum atomic E-state index is -1.16. The van der Waals surface area contributed by atoms with Crippen LogP contribution in [-0.4, -0.2) is 39.8 Å². The molecule has 0 aromatic carbocycles. The molecule has 4 bridgehead atoms. The van der Waals surface area contributed by atoms with Crippen molar-refractivity contribution in [3.8, 4) is 23.5 Å². The summed E-state index contributed by atoms with van der Waals surface area (Å²) < 4.78 is 15.2. The molecular formula is C24H22N4O6. The van der Waals surface area contributed by atoms with Gasteiger partial charge in [-0.05, 0) is 38.1 Å². The minimum absolute atomic E-state index is 0.0144. The Morgan fingerprint density at radius 2 is 1.15 bits per heavy atom. The first kappa shape index (κ1) is 19.7. The van der Waals surface area contributed by atoms with Crippen LogP contribution in [0.3, 0.4) is 0 Å². The fraction of sp³-hybridized carbons (Fsp3) is 0.333. The monoisotopic (exact) mass is 462 g/mol. The van der Waals surface area contributed by atoms with Gasteiger partial charge >= 0.3 is 0 Å². The van der Waals surface area contributed by atoms with Gasteiger partial charge in [0.1, 0.15) is 23.6 Å². The van der Waals surface area contributed by atoms with Crippen LogP contribution >= 0.6 is 0 Å². The molecule has 7 heterocycles. The van der Waals surface area contributed by atoms with Gasteiger partial charge in [-0.2, -0.15) is 10.2 Å². The van der Waals surface area contributed by atoms with Crippen LogP contribution in [0.2, 0.25) is 0 Å². The lowest BCUT2D eigenvalue weighted by Crippen LogP contribution is -2.28.